The van der Waals surface area contributed by atoms with Gasteiger partial charge >= 0.3 is 0 Å². The van der Waals surface area contributed by atoms with Crippen molar-refractivity contribution in [1.29, 1.82) is 0 Å². The van der Waals surface area contributed by atoms with Crippen LogP contribution in [0.3, 0.4) is 0 Å². The summed E-state index contributed by atoms with van der Waals surface area (Å²) < 4.78 is 0. The molecular formula is C12H20ClN3. The molecule has 0 aliphatic rings. The Morgan fingerprint density at radius 2 is 2.19 bits per heavy atom. The standard InChI is InChI=1S/C12H20ClN3/c1-3-5-11-8-12(16-9-15-11)14-7-6-10(13)4-2/h8-10H,3-7H2,1-2H3,(H,14,15,16). The van der Waals surface area contributed by atoms with E-state index in [9.17, 15) is 0 Å². The number of halogens is 1. The summed E-state index contributed by atoms with van der Waals surface area (Å²) in [6, 6.07) is 2.01. The molecule has 0 spiro atoms. The summed E-state index contributed by atoms with van der Waals surface area (Å²) in [4.78, 5) is 8.39. The molecule has 1 N–H and O–H groups in total. The highest BCUT2D eigenvalue weighted by atomic mass is 35.5. The normalized spacial score (nSPS) is 12.4. The molecule has 0 aliphatic heterocycles. The maximum Gasteiger partial charge on any atom is 0.129 e. The predicted molar refractivity (Wildman–Crippen MR) is 69.1 cm³/mol. The van der Waals surface area contributed by atoms with Crippen molar-refractivity contribution < 1.29 is 0 Å². The monoisotopic (exact) mass is 241 g/mol. The predicted octanol–water partition coefficient (Wildman–Crippen LogP) is 3.25. The van der Waals surface area contributed by atoms with Crippen molar-refractivity contribution in [3.63, 3.8) is 0 Å². The van der Waals surface area contributed by atoms with Gasteiger partial charge in [-0.15, -0.1) is 11.6 Å². The molecule has 1 rings (SSSR count). The summed E-state index contributed by atoms with van der Waals surface area (Å²) in [5, 5.41) is 3.53. The number of nitrogens with zero attached hydrogens (tertiary/aromatic N) is 2. The molecule has 1 atom stereocenters. The van der Waals surface area contributed by atoms with E-state index in [1.165, 1.54) is 0 Å². The van der Waals surface area contributed by atoms with Gasteiger partial charge in [-0.2, -0.15) is 0 Å². The number of aromatic nitrogens is 2. The number of hydrogen-bond donors (Lipinski definition) is 1. The minimum absolute atomic E-state index is 0.254. The van der Waals surface area contributed by atoms with Gasteiger partial charge in [0, 0.05) is 23.7 Å². The summed E-state index contributed by atoms with van der Waals surface area (Å²) in [6.45, 7) is 5.11. The molecule has 1 aromatic heterocycles. The van der Waals surface area contributed by atoms with Gasteiger partial charge in [0.2, 0.25) is 0 Å². The van der Waals surface area contributed by atoms with E-state index < -0.39 is 0 Å². The van der Waals surface area contributed by atoms with Crippen molar-refractivity contribution in [2.24, 2.45) is 0 Å². The average Bonchev–Trinajstić information content (AvgIpc) is 2.30. The van der Waals surface area contributed by atoms with Crippen LogP contribution >= 0.6 is 11.6 Å². The van der Waals surface area contributed by atoms with Gasteiger partial charge in [-0.1, -0.05) is 20.3 Å². The summed E-state index contributed by atoms with van der Waals surface area (Å²) in [6.07, 6.45) is 5.70. The minimum atomic E-state index is 0.254. The summed E-state index contributed by atoms with van der Waals surface area (Å²) >= 11 is 6.04. The first-order chi connectivity index (χ1) is 7.76. The minimum Gasteiger partial charge on any atom is -0.370 e. The molecule has 0 fully saturated rings. The first kappa shape index (κ1) is 13.2. The third kappa shape index (κ3) is 4.79. The fourth-order valence-electron chi connectivity index (χ4n) is 1.45. The van der Waals surface area contributed by atoms with Crippen LogP contribution in [0.5, 0.6) is 0 Å². The van der Waals surface area contributed by atoms with E-state index in [4.69, 9.17) is 11.6 Å². The molecule has 1 aromatic rings. The van der Waals surface area contributed by atoms with Crippen LogP contribution in [-0.2, 0) is 6.42 Å². The van der Waals surface area contributed by atoms with E-state index in [-0.39, 0.29) is 5.38 Å². The Morgan fingerprint density at radius 3 is 2.88 bits per heavy atom. The molecule has 0 radical (unpaired) electrons. The lowest BCUT2D eigenvalue weighted by Gasteiger charge is -2.08. The third-order valence-corrected chi connectivity index (χ3v) is 2.96. The molecule has 0 aliphatic carbocycles. The maximum absolute atomic E-state index is 6.04. The second kappa shape index (κ2) is 7.44. The van der Waals surface area contributed by atoms with Gasteiger partial charge < -0.3 is 5.32 Å². The van der Waals surface area contributed by atoms with Crippen LogP contribution in [-0.4, -0.2) is 21.9 Å². The zero-order valence-corrected chi connectivity index (χ0v) is 10.8. The fourth-order valence-corrected chi connectivity index (χ4v) is 1.56. The van der Waals surface area contributed by atoms with E-state index >= 15 is 0 Å². The van der Waals surface area contributed by atoms with Crippen LogP contribution in [0, 0.1) is 0 Å². The van der Waals surface area contributed by atoms with Crippen LogP contribution < -0.4 is 5.32 Å². The maximum atomic E-state index is 6.04. The van der Waals surface area contributed by atoms with Crippen LogP contribution in [0.4, 0.5) is 5.82 Å². The first-order valence-corrected chi connectivity index (χ1v) is 6.38. The number of aryl methyl sites for hydroxylation is 1. The Balaban J connectivity index is 2.38. The molecule has 0 aromatic carbocycles. The van der Waals surface area contributed by atoms with E-state index in [0.29, 0.717) is 0 Å². The summed E-state index contributed by atoms with van der Waals surface area (Å²) in [7, 11) is 0. The van der Waals surface area contributed by atoms with Gasteiger partial charge in [-0.25, -0.2) is 9.97 Å². The van der Waals surface area contributed by atoms with Crippen molar-refractivity contribution in [1.82, 2.24) is 9.97 Å². The van der Waals surface area contributed by atoms with Crippen molar-refractivity contribution in [2.45, 2.75) is 44.9 Å². The highest BCUT2D eigenvalue weighted by Gasteiger charge is 2.01. The Labute approximate surface area is 103 Å². The Bertz CT molecular complexity index is 304. The molecule has 3 nitrogen and oxygen atoms in total. The van der Waals surface area contributed by atoms with Crippen molar-refractivity contribution in [2.75, 3.05) is 11.9 Å². The lowest BCUT2D eigenvalue weighted by atomic mass is 10.2. The highest BCUT2D eigenvalue weighted by Crippen LogP contribution is 2.09. The van der Waals surface area contributed by atoms with E-state index in [2.05, 4.69) is 29.1 Å². The van der Waals surface area contributed by atoms with E-state index in [1.807, 2.05) is 6.07 Å². The third-order valence-electron chi connectivity index (χ3n) is 2.44. The number of rotatable bonds is 7. The molecule has 0 saturated heterocycles. The molecule has 1 unspecified atom stereocenters. The van der Waals surface area contributed by atoms with Crippen molar-refractivity contribution in [3.8, 4) is 0 Å². The van der Waals surface area contributed by atoms with Crippen molar-refractivity contribution in [3.05, 3.63) is 18.1 Å². The van der Waals surface area contributed by atoms with Gasteiger partial charge in [0.25, 0.3) is 0 Å². The second-order valence-corrected chi connectivity index (χ2v) is 4.48. The Kier molecular flexibility index (Phi) is 6.16. The van der Waals surface area contributed by atoms with Crippen LogP contribution in [0.15, 0.2) is 12.4 Å². The van der Waals surface area contributed by atoms with Gasteiger partial charge in [0.15, 0.2) is 0 Å². The fraction of sp³-hybridized carbons (Fsp3) is 0.667. The van der Waals surface area contributed by atoms with E-state index in [1.54, 1.807) is 6.33 Å². The molecule has 90 valence electrons. The SMILES string of the molecule is CCCc1cc(NCCC(Cl)CC)ncn1. The van der Waals surface area contributed by atoms with Crippen LogP contribution in [0.2, 0.25) is 0 Å². The molecule has 0 saturated carbocycles. The molecule has 16 heavy (non-hydrogen) atoms. The quantitative estimate of drug-likeness (QED) is 0.745. The zero-order valence-electron chi connectivity index (χ0n) is 10.0. The highest BCUT2D eigenvalue weighted by molar-refractivity contribution is 6.20. The molecule has 4 heteroatoms. The lowest BCUT2D eigenvalue weighted by molar-refractivity contribution is 0.751. The summed E-state index contributed by atoms with van der Waals surface area (Å²) in [5.74, 6) is 0.901. The molecule has 1 heterocycles. The first-order valence-electron chi connectivity index (χ1n) is 5.95. The molecular weight excluding hydrogens is 222 g/mol. The van der Waals surface area contributed by atoms with Gasteiger partial charge in [0.05, 0.1) is 0 Å². The number of hydrogen-bond acceptors (Lipinski definition) is 3. The summed E-state index contributed by atoms with van der Waals surface area (Å²) in [5.41, 5.74) is 1.10. The Morgan fingerprint density at radius 1 is 1.38 bits per heavy atom. The number of anilines is 1. The zero-order chi connectivity index (χ0) is 11.8. The largest absolute Gasteiger partial charge is 0.370 e. The van der Waals surface area contributed by atoms with E-state index in [0.717, 1.165) is 43.7 Å². The van der Waals surface area contributed by atoms with Crippen LogP contribution in [0.1, 0.15) is 38.8 Å². The van der Waals surface area contributed by atoms with Gasteiger partial charge in [-0.3, -0.25) is 0 Å². The average molecular weight is 242 g/mol. The Hall–Kier alpha value is -0.830. The van der Waals surface area contributed by atoms with Crippen LogP contribution in [0.25, 0.3) is 0 Å². The van der Waals surface area contributed by atoms with Gasteiger partial charge in [0.1, 0.15) is 12.1 Å². The topological polar surface area (TPSA) is 37.8 Å². The smallest absolute Gasteiger partial charge is 0.129 e. The molecule has 0 amide bonds. The van der Waals surface area contributed by atoms with Crippen molar-refractivity contribution >= 4 is 17.4 Å². The second-order valence-electron chi connectivity index (χ2n) is 3.87. The molecule has 0 bridgehead atoms. The van der Waals surface area contributed by atoms with Gasteiger partial charge in [-0.05, 0) is 19.3 Å². The lowest BCUT2D eigenvalue weighted by Crippen LogP contribution is -2.09. The number of alkyl halides is 1. The number of nitrogens with one attached hydrogen (secondary N) is 1.